The highest BCUT2D eigenvalue weighted by Crippen LogP contribution is 2.48. The SMILES string of the molecule is CC(C)(O)CNC(=O)[C@@]1(C)COc2c1cc(C(O)(CNC(=O)c1ccc3nc(N)sc3c1)C(F)(F)F)nc2-c1ccc(F)c(Cl)c1. The van der Waals surface area contributed by atoms with Crippen LogP contribution in [0.1, 0.15) is 42.4 Å². The van der Waals surface area contributed by atoms with E-state index in [0.717, 1.165) is 29.5 Å². The molecule has 3 heterocycles. The van der Waals surface area contributed by atoms with Gasteiger partial charge in [0.05, 0.1) is 33.1 Å². The van der Waals surface area contributed by atoms with E-state index < -0.39 is 52.7 Å². The summed E-state index contributed by atoms with van der Waals surface area (Å²) in [5, 5.41) is 26.0. The van der Waals surface area contributed by atoms with Crippen LogP contribution in [-0.4, -0.2) is 63.5 Å². The van der Waals surface area contributed by atoms with E-state index in [1.807, 2.05) is 0 Å². The Morgan fingerprint density at radius 1 is 1.09 bits per heavy atom. The maximum Gasteiger partial charge on any atom is 0.424 e. The summed E-state index contributed by atoms with van der Waals surface area (Å²) in [6.45, 7) is 2.44. The number of fused-ring (bicyclic) bond motifs is 2. The molecule has 4 aromatic rings. The van der Waals surface area contributed by atoms with Crippen LogP contribution in [0.15, 0.2) is 42.5 Å². The summed E-state index contributed by atoms with van der Waals surface area (Å²) in [6.07, 6.45) is -5.39. The highest BCUT2D eigenvalue weighted by atomic mass is 35.5. The number of carbonyl (C=O) groups excluding carboxylic acids is 2. The first-order chi connectivity index (χ1) is 21.3. The Bertz CT molecular complexity index is 1860. The van der Waals surface area contributed by atoms with Gasteiger partial charge in [-0.05, 0) is 63.2 Å². The Morgan fingerprint density at radius 3 is 2.46 bits per heavy atom. The van der Waals surface area contributed by atoms with Gasteiger partial charge in [-0.2, -0.15) is 13.2 Å². The Balaban J connectivity index is 1.60. The molecule has 1 unspecified atom stereocenters. The molecule has 2 atom stereocenters. The molecular weight excluding hydrogens is 654 g/mol. The molecule has 0 radical (unpaired) electrons. The number of amides is 2. The van der Waals surface area contributed by atoms with Gasteiger partial charge in [0.1, 0.15) is 29.3 Å². The highest BCUT2D eigenvalue weighted by Gasteiger charge is 2.58. The number of ether oxygens (including phenoxy) is 1. The molecule has 0 saturated heterocycles. The first-order valence-electron chi connectivity index (χ1n) is 13.7. The van der Waals surface area contributed by atoms with E-state index in [0.29, 0.717) is 10.2 Å². The molecule has 0 saturated carbocycles. The van der Waals surface area contributed by atoms with E-state index in [1.165, 1.54) is 45.0 Å². The number of aliphatic hydroxyl groups is 2. The molecule has 2 aromatic heterocycles. The van der Waals surface area contributed by atoms with E-state index in [4.69, 9.17) is 22.1 Å². The number of nitrogens with zero attached hydrogens (tertiary/aromatic N) is 2. The first-order valence-corrected chi connectivity index (χ1v) is 14.9. The minimum absolute atomic E-state index is 0.00585. The molecule has 1 aliphatic rings. The van der Waals surface area contributed by atoms with Crippen molar-refractivity contribution < 1.29 is 42.1 Å². The number of anilines is 1. The number of nitrogen functional groups attached to an aromatic ring is 1. The molecule has 0 aliphatic carbocycles. The molecule has 46 heavy (non-hydrogen) atoms. The van der Waals surface area contributed by atoms with Gasteiger partial charge in [-0.15, -0.1) is 0 Å². The molecule has 2 amide bonds. The van der Waals surface area contributed by atoms with Crippen LogP contribution in [0.25, 0.3) is 21.5 Å². The summed E-state index contributed by atoms with van der Waals surface area (Å²) in [5.41, 5.74) is -1.75. The maximum atomic E-state index is 14.8. The average Bonchev–Trinajstić information content (AvgIpc) is 3.53. The fourth-order valence-corrected chi connectivity index (χ4v) is 5.80. The van der Waals surface area contributed by atoms with Crippen LogP contribution in [0.2, 0.25) is 5.02 Å². The number of aromatic nitrogens is 2. The lowest BCUT2D eigenvalue weighted by atomic mass is 9.81. The third kappa shape index (κ3) is 6.19. The van der Waals surface area contributed by atoms with Gasteiger partial charge in [-0.3, -0.25) is 9.59 Å². The molecule has 6 N–H and O–H groups in total. The lowest BCUT2D eigenvalue weighted by Crippen LogP contribution is -2.52. The van der Waals surface area contributed by atoms with Crippen LogP contribution in [-0.2, 0) is 15.8 Å². The highest BCUT2D eigenvalue weighted by molar-refractivity contribution is 7.22. The normalized spacial score (nSPS) is 17.7. The molecule has 0 bridgehead atoms. The van der Waals surface area contributed by atoms with Crippen molar-refractivity contribution in [2.24, 2.45) is 0 Å². The topological polar surface area (TPSA) is 160 Å². The van der Waals surface area contributed by atoms with E-state index in [9.17, 15) is 37.4 Å². The quantitative estimate of drug-likeness (QED) is 0.171. The van der Waals surface area contributed by atoms with Crippen molar-refractivity contribution in [3.05, 3.63) is 70.1 Å². The average molecular weight is 682 g/mol. The van der Waals surface area contributed by atoms with Crippen molar-refractivity contribution in [1.82, 2.24) is 20.6 Å². The fourth-order valence-electron chi connectivity index (χ4n) is 4.84. The number of hydrogen-bond donors (Lipinski definition) is 5. The summed E-state index contributed by atoms with van der Waals surface area (Å²) in [5.74, 6) is -2.50. The molecule has 5 rings (SSSR count). The molecular formula is C30H28ClF4N5O5S. The molecule has 0 fully saturated rings. The summed E-state index contributed by atoms with van der Waals surface area (Å²) in [7, 11) is 0. The lowest BCUT2D eigenvalue weighted by Gasteiger charge is -2.32. The van der Waals surface area contributed by atoms with Gasteiger partial charge in [-0.1, -0.05) is 22.9 Å². The maximum absolute atomic E-state index is 14.8. The van der Waals surface area contributed by atoms with Crippen LogP contribution < -0.4 is 21.1 Å². The smallest absolute Gasteiger partial charge is 0.424 e. The Morgan fingerprint density at radius 2 is 1.80 bits per heavy atom. The number of nitrogens with one attached hydrogen (secondary N) is 2. The lowest BCUT2D eigenvalue weighted by molar-refractivity contribution is -0.265. The molecule has 1 aliphatic heterocycles. The summed E-state index contributed by atoms with van der Waals surface area (Å²) < 4.78 is 64.7. The van der Waals surface area contributed by atoms with E-state index in [1.54, 1.807) is 0 Å². The summed E-state index contributed by atoms with van der Waals surface area (Å²) in [4.78, 5) is 34.6. The molecule has 10 nitrogen and oxygen atoms in total. The number of carbonyl (C=O) groups is 2. The van der Waals surface area contributed by atoms with Crippen LogP contribution in [0.5, 0.6) is 5.75 Å². The molecule has 244 valence electrons. The van der Waals surface area contributed by atoms with E-state index in [-0.39, 0.29) is 51.4 Å². The predicted octanol–water partition coefficient (Wildman–Crippen LogP) is 4.45. The van der Waals surface area contributed by atoms with Gasteiger partial charge in [0, 0.05) is 23.2 Å². The third-order valence-electron chi connectivity index (χ3n) is 7.51. The van der Waals surface area contributed by atoms with Crippen LogP contribution >= 0.6 is 22.9 Å². The van der Waals surface area contributed by atoms with Crippen molar-refractivity contribution in [3.63, 3.8) is 0 Å². The standard InChI is InChI=1S/C30H28ClF4N5O5S/c1-27(2,43)11-38-25(42)28(3)13-45-23-16(28)10-21(40-22(23)14-4-6-18(32)17(31)8-14)29(44,30(33,34)35)12-37-24(41)15-5-7-19-20(9-15)46-26(36)39-19/h4-10,43-44H,11-13H2,1-3H3,(H2,36,39)(H,37,41)(H,38,42)/t28-,29?/m0/s1. The van der Waals surface area contributed by atoms with Gasteiger partial charge < -0.3 is 31.3 Å². The second-order valence-electron chi connectivity index (χ2n) is 11.8. The Kier molecular flexibility index (Phi) is 8.43. The van der Waals surface area contributed by atoms with Gasteiger partial charge in [-0.25, -0.2) is 14.4 Å². The zero-order chi connectivity index (χ0) is 33.8. The van der Waals surface area contributed by atoms with Crippen molar-refractivity contribution in [2.45, 2.75) is 43.6 Å². The number of rotatable bonds is 8. The number of pyridine rings is 1. The Hall–Kier alpha value is -4.05. The van der Waals surface area contributed by atoms with Crippen LogP contribution in [0.3, 0.4) is 0 Å². The second-order valence-corrected chi connectivity index (χ2v) is 13.2. The number of alkyl halides is 3. The van der Waals surface area contributed by atoms with Crippen LogP contribution in [0, 0.1) is 5.82 Å². The van der Waals surface area contributed by atoms with Crippen molar-refractivity contribution >= 4 is 50.1 Å². The van der Waals surface area contributed by atoms with Crippen molar-refractivity contribution in [1.29, 1.82) is 0 Å². The van der Waals surface area contributed by atoms with Crippen molar-refractivity contribution in [2.75, 3.05) is 25.4 Å². The predicted molar refractivity (Wildman–Crippen MR) is 163 cm³/mol. The first kappa shape index (κ1) is 33.3. The van der Waals surface area contributed by atoms with E-state index >= 15 is 0 Å². The van der Waals surface area contributed by atoms with Gasteiger partial charge in [0.15, 0.2) is 5.13 Å². The second kappa shape index (κ2) is 11.6. The minimum Gasteiger partial charge on any atom is -0.489 e. The number of hydrogen-bond acceptors (Lipinski definition) is 9. The zero-order valence-electron chi connectivity index (χ0n) is 24.6. The monoisotopic (exact) mass is 681 g/mol. The minimum atomic E-state index is -5.39. The molecule has 2 aromatic carbocycles. The molecule has 16 heteroatoms. The van der Waals surface area contributed by atoms with Gasteiger partial charge in [0.2, 0.25) is 11.5 Å². The molecule has 0 spiro atoms. The van der Waals surface area contributed by atoms with Gasteiger partial charge >= 0.3 is 6.18 Å². The number of benzene rings is 2. The zero-order valence-corrected chi connectivity index (χ0v) is 26.1. The number of thiazole rings is 1. The largest absolute Gasteiger partial charge is 0.489 e. The summed E-state index contributed by atoms with van der Waals surface area (Å²) >= 11 is 7.05. The number of halogens is 5. The Labute approximate surface area is 268 Å². The fraction of sp³-hybridized carbons (Fsp3) is 0.333. The van der Waals surface area contributed by atoms with E-state index in [2.05, 4.69) is 20.6 Å². The third-order valence-corrected chi connectivity index (χ3v) is 8.65. The summed E-state index contributed by atoms with van der Waals surface area (Å²) in [6, 6.07) is 8.44. The number of nitrogens with two attached hydrogens (primary N) is 1. The van der Waals surface area contributed by atoms with Gasteiger partial charge in [0.25, 0.3) is 5.91 Å². The van der Waals surface area contributed by atoms with Crippen LogP contribution in [0.4, 0.5) is 22.7 Å². The van der Waals surface area contributed by atoms with Crippen molar-refractivity contribution in [3.8, 4) is 17.0 Å².